The Hall–Kier alpha value is -0.610. The molecule has 0 heterocycles. The summed E-state index contributed by atoms with van der Waals surface area (Å²) in [6.07, 6.45) is 0.743. The molecule has 1 atom stereocenters. The van der Waals surface area contributed by atoms with Crippen molar-refractivity contribution in [1.82, 2.24) is 5.32 Å². The van der Waals surface area contributed by atoms with Crippen molar-refractivity contribution in [2.45, 2.75) is 59.6 Å². The molecule has 0 radical (unpaired) electrons. The number of carbonyl (C=O) groups is 1. The summed E-state index contributed by atoms with van der Waals surface area (Å²) in [6, 6.07) is -0.272. The summed E-state index contributed by atoms with van der Waals surface area (Å²) in [5, 5.41) is 3.02. The molecule has 0 bridgehead atoms. The third-order valence-corrected chi connectivity index (χ3v) is 2.48. The lowest BCUT2D eigenvalue weighted by atomic mass is 9.88. The molecule has 4 heteroatoms. The van der Waals surface area contributed by atoms with Gasteiger partial charge in [0.05, 0.1) is 6.61 Å². The molecule has 0 amide bonds. The van der Waals surface area contributed by atoms with Crippen molar-refractivity contribution in [1.29, 1.82) is 0 Å². The van der Waals surface area contributed by atoms with Crippen LogP contribution in [-0.4, -0.2) is 37.9 Å². The molecule has 0 aromatic rings. The predicted octanol–water partition coefficient (Wildman–Crippen LogP) is 2.37. The molecule has 0 aromatic carbocycles. The fraction of sp³-hybridized carbons (Fsp3) is 0.929. The topological polar surface area (TPSA) is 47.6 Å². The number of esters is 1. The van der Waals surface area contributed by atoms with Gasteiger partial charge in [0.2, 0.25) is 0 Å². The van der Waals surface area contributed by atoms with Gasteiger partial charge in [0.25, 0.3) is 0 Å². The van der Waals surface area contributed by atoms with Crippen molar-refractivity contribution in [3.8, 4) is 0 Å². The Kier molecular flexibility index (Phi) is 6.86. The molecular formula is C14H29NO3. The highest BCUT2D eigenvalue weighted by Crippen LogP contribution is 2.22. The zero-order valence-corrected chi connectivity index (χ0v) is 12.9. The molecule has 0 fully saturated rings. The van der Waals surface area contributed by atoms with Gasteiger partial charge in [-0.25, -0.2) is 0 Å². The Balaban J connectivity index is 4.43. The third-order valence-electron chi connectivity index (χ3n) is 2.48. The van der Waals surface area contributed by atoms with Crippen LogP contribution in [0.15, 0.2) is 0 Å². The van der Waals surface area contributed by atoms with Crippen LogP contribution in [-0.2, 0) is 14.3 Å². The molecule has 0 saturated carbocycles. The molecule has 0 aromatic heterocycles. The fourth-order valence-electron chi connectivity index (χ4n) is 1.64. The van der Waals surface area contributed by atoms with Crippen molar-refractivity contribution < 1.29 is 14.3 Å². The van der Waals surface area contributed by atoms with Gasteiger partial charge < -0.3 is 14.8 Å². The molecule has 18 heavy (non-hydrogen) atoms. The van der Waals surface area contributed by atoms with Gasteiger partial charge >= 0.3 is 5.97 Å². The Bertz CT molecular complexity index is 256. The summed E-state index contributed by atoms with van der Waals surface area (Å²) in [7, 11) is 1.78. The number of ether oxygens (including phenoxy) is 2. The van der Waals surface area contributed by atoms with Crippen LogP contribution in [0, 0.1) is 5.41 Å². The van der Waals surface area contributed by atoms with E-state index in [2.05, 4.69) is 26.1 Å². The normalized spacial score (nSPS) is 14.4. The highest BCUT2D eigenvalue weighted by atomic mass is 16.6. The zero-order chi connectivity index (χ0) is 14.4. The van der Waals surface area contributed by atoms with Crippen LogP contribution in [0.2, 0.25) is 0 Å². The Labute approximate surface area is 111 Å². The Morgan fingerprint density at radius 1 is 1.22 bits per heavy atom. The quantitative estimate of drug-likeness (QED) is 0.713. The average molecular weight is 259 g/mol. The summed E-state index contributed by atoms with van der Waals surface area (Å²) in [5.74, 6) is -0.211. The van der Waals surface area contributed by atoms with Crippen molar-refractivity contribution >= 4 is 5.97 Å². The standard InChI is InChI=1S/C14H29NO3/c1-8-17-10-14(5,6)18-12(16)11(15-7)9-13(2,3)4/h11,15H,8-10H2,1-7H3. The summed E-state index contributed by atoms with van der Waals surface area (Å²) in [5.41, 5.74) is -0.503. The molecule has 108 valence electrons. The average Bonchev–Trinajstić information content (AvgIpc) is 2.21. The van der Waals surface area contributed by atoms with Crippen LogP contribution in [0.5, 0.6) is 0 Å². The Morgan fingerprint density at radius 3 is 2.17 bits per heavy atom. The molecule has 0 aliphatic carbocycles. The third kappa shape index (κ3) is 7.67. The Morgan fingerprint density at radius 2 is 1.78 bits per heavy atom. The van der Waals surface area contributed by atoms with Gasteiger partial charge in [-0.2, -0.15) is 0 Å². The first-order valence-electron chi connectivity index (χ1n) is 6.59. The fourth-order valence-corrected chi connectivity index (χ4v) is 1.64. The number of rotatable bonds is 7. The highest BCUT2D eigenvalue weighted by molar-refractivity contribution is 5.76. The first kappa shape index (κ1) is 17.4. The SMILES string of the molecule is CCOCC(C)(C)OC(=O)C(CC(C)(C)C)NC. The lowest BCUT2D eigenvalue weighted by Gasteiger charge is -2.29. The van der Waals surface area contributed by atoms with E-state index >= 15 is 0 Å². The maximum absolute atomic E-state index is 12.1. The van der Waals surface area contributed by atoms with Crippen LogP contribution >= 0.6 is 0 Å². The number of hydrogen-bond donors (Lipinski definition) is 1. The molecule has 1 N–H and O–H groups in total. The van der Waals surface area contributed by atoms with Gasteiger partial charge in [0.1, 0.15) is 11.6 Å². The van der Waals surface area contributed by atoms with Crippen molar-refractivity contribution in [2.24, 2.45) is 5.41 Å². The summed E-state index contributed by atoms with van der Waals surface area (Å²) < 4.78 is 10.8. The van der Waals surface area contributed by atoms with Crippen molar-refractivity contribution in [3.05, 3.63) is 0 Å². The van der Waals surface area contributed by atoms with Gasteiger partial charge in [0, 0.05) is 6.61 Å². The van der Waals surface area contributed by atoms with Crippen LogP contribution in [0.3, 0.4) is 0 Å². The maximum Gasteiger partial charge on any atom is 0.323 e. The first-order valence-corrected chi connectivity index (χ1v) is 6.59. The molecule has 0 rings (SSSR count). The van der Waals surface area contributed by atoms with Crippen molar-refractivity contribution in [2.75, 3.05) is 20.3 Å². The number of carbonyl (C=O) groups excluding carboxylic acids is 1. The van der Waals surface area contributed by atoms with E-state index < -0.39 is 5.60 Å². The molecular weight excluding hydrogens is 230 g/mol. The summed E-state index contributed by atoms with van der Waals surface area (Å²) >= 11 is 0. The monoisotopic (exact) mass is 259 g/mol. The van der Waals surface area contributed by atoms with Crippen LogP contribution in [0.4, 0.5) is 0 Å². The minimum atomic E-state index is -0.583. The second-order valence-electron chi connectivity index (χ2n) is 6.42. The van der Waals surface area contributed by atoms with Crippen LogP contribution in [0.1, 0.15) is 48.0 Å². The van der Waals surface area contributed by atoms with E-state index in [1.54, 1.807) is 7.05 Å². The lowest BCUT2D eigenvalue weighted by molar-refractivity contribution is -0.165. The predicted molar refractivity (Wildman–Crippen MR) is 73.6 cm³/mol. The minimum absolute atomic E-state index is 0.0801. The van der Waals surface area contributed by atoms with E-state index in [9.17, 15) is 4.79 Å². The second kappa shape index (κ2) is 7.10. The van der Waals surface area contributed by atoms with Gasteiger partial charge in [-0.15, -0.1) is 0 Å². The van der Waals surface area contributed by atoms with Gasteiger partial charge in [-0.05, 0) is 39.7 Å². The van der Waals surface area contributed by atoms with E-state index in [-0.39, 0.29) is 17.4 Å². The van der Waals surface area contributed by atoms with E-state index in [0.717, 1.165) is 6.42 Å². The number of likely N-dealkylation sites (N-methyl/N-ethyl adjacent to an activating group) is 1. The molecule has 0 spiro atoms. The van der Waals surface area contributed by atoms with E-state index in [4.69, 9.17) is 9.47 Å². The van der Waals surface area contributed by atoms with Crippen molar-refractivity contribution in [3.63, 3.8) is 0 Å². The van der Waals surface area contributed by atoms with Crippen LogP contribution in [0.25, 0.3) is 0 Å². The van der Waals surface area contributed by atoms with E-state index in [1.165, 1.54) is 0 Å². The first-order chi connectivity index (χ1) is 8.11. The number of nitrogens with one attached hydrogen (secondary N) is 1. The van der Waals surface area contributed by atoms with E-state index in [1.807, 2.05) is 20.8 Å². The number of hydrogen-bond acceptors (Lipinski definition) is 4. The van der Waals surface area contributed by atoms with E-state index in [0.29, 0.717) is 13.2 Å². The largest absolute Gasteiger partial charge is 0.456 e. The molecule has 0 aliphatic rings. The molecule has 4 nitrogen and oxygen atoms in total. The van der Waals surface area contributed by atoms with Gasteiger partial charge in [-0.3, -0.25) is 4.79 Å². The minimum Gasteiger partial charge on any atom is -0.456 e. The summed E-state index contributed by atoms with van der Waals surface area (Å²) in [6.45, 7) is 13.0. The smallest absolute Gasteiger partial charge is 0.323 e. The summed E-state index contributed by atoms with van der Waals surface area (Å²) in [4.78, 5) is 12.1. The van der Waals surface area contributed by atoms with Crippen LogP contribution < -0.4 is 5.32 Å². The maximum atomic E-state index is 12.1. The highest BCUT2D eigenvalue weighted by Gasteiger charge is 2.30. The van der Waals surface area contributed by atoms with Gasteiger partial charge in [-0.1, -0.05) is 20.8 Å². The van der Waals surface area contributed by atoms with Gasteiger partial charge in [0.15, 0.2) is 0 Å². The second-order valence-corrected chi connectivity index (χ2v) is 6.42. The lowest BCUT2D eigenvalue weighted by Crippen LogP contribution is -2.44. The molecule has 0 saturated heterocycles. The zero-order valence-electron chi connectivity index (χ0n) is 12.9. The molecule has 0 aliphatic heterocycles. The molecule has 1 unspecified atom stereocenters.